The fourth-order valence-electron chi connectivity index (χ4n) is 14.6. The molecule has 6 aliphatic heterocycles. The molecule has 0 radical (unpaired) electrons. The number of benzene rings is 3. The smallest absolute Gasteiger partial charge is 0.373 e. The van der Waals surface area contributed by atoms with Crippen LogP contribution in [0.4, 0.5) is 0 Å². The Labute approximate surface area is 628 Å². The van der Waals surface area contributed by atoms with Gasteiger partial charge in [-0.1, -0.05) is 155 Å². The van der Waals surface area contributed by atoms with Gasteiger partial charge in [0.05, 0.1) is 119 Å². The average molecular weight is 1580 g/mol. The van der Waals surface area contributed by atoms with Crippen LogP contribution < -0.4 is 0 Å². The fourth-order valence-corrected chi connectivity index (χ4v) is 15.5. The molecular weight excluding hydrogens is 1480 g/mol. The minimum absolute atomic E-state index is 0.0199. The van der Waals surface area contributed by atoms with E-state index < -0.39 is 228 Å². The van der Waals surface area contributed by atoms with E-state index >= 15 is 0 Å². The van der Waals surface area contributed by atoms with E-state index in [0.717, 1.165) is 16.7 Å². The number of ether oxygens (including phenoxy) is 15. The average Bonchev–Trinajstić information content (AvgIpc) is 0.770. The Bertz CT molecular complexity index is 3890. The first-order valence-electron chi connectivity index (χ1n) is 35.6. The van der Waals surface area contributed by atoms with Crippen molar-refractivity contribution >= 4 is 31.2 Å². The Hall–Kier alpha value is -5.84. The van der Waals surface area contributed by atoms with Crippen LogP contribution in [0.1, 0.15) is 98.8 Å². The largest absolute Gasteiger partial charge is 0.397 e. The molecular formula is C69H97N9O27S3. The molecule has 0 saturated carbocycles. The summed E-state index contributed by atoms with van der Waals surface area (Å²) in [6, 6.07) is 24.1. The van der Waals surface area contributed by atoms with Gasteiger partial charge in [0.25, 0.3) is 0 Å². The molecule has 108 heavy (non-hydrogen) atoms. The van der Waals surface area contributed by atoms with Gasteiger partial charge in [-0.25, -0.2) is 12.5 Å². The molecule has 6 heterocycles. The molecule has 3 N–H and O–H groups in total. The minimum Gasteiger partial charge on any atom is -0.373 e. The zero-order chi connectivity index (χ0) is 78.2. The van der Waals surface area contributed by atoms with Gasteiger partial charge in [-0.15, -0.1) is 12.3 Å². The molecule has 0 aliphatic carbocycles. The molecule has 6 aliphatic rings. The maximum Gasteiger partial charge on any atom is 0.397 e. The van der Waals surface area contributed by atoms with Crippen LogP contribution in [0.3, 0.4) is 0 Å². The van der Waals surface area contributed by atoms with Gasteiger partial charge < -0.3 is 71.1 Å². The maximum atomic E-state index is 12.5. The van der Waals surface area contributed by atoms with Crippen molar-refractivity contribution in [2.45, 2.75) is 243 Å². The molecule has 6 fully saturated rings. The quantitative estimate of drug-likeness (QED) is 0.0123. The summed E-state index contributed by atoms with van der Waals surface area (Å²) in [4.78, 5) is 9.37. The van der Waals surface area contributed by atoms with E-state index in [9.17, 15) is 55.5 Å². The lowest BCUT2D eigenvalue weighted by Gasteiger charge is -2.52. The second-order valence-electron chi connectivity index (χ2n) is 28.0. The summed E-state index contributed by atoms with van der Waals surface area (Å²) in [5, 5.41) is 12.3. The molecule has 0 bridgehead atoms. The zero-order valence-electron chi connectivity index (χ0n) is 61.3. The fraction of sp³-hybridized carbons (Fsp3) is 0.710. The van der Waals surface area contributed by atoms with Gasteiger partial charge in [0.15, 0.2) is 37.7 Å². The molecule has 0 spiro atoms. The van der Waals surface area contributed by atoms with E-state index in [-0.39, 0.29) is 25.7 Å². The lowest BCUT2D eigenvalue weighted by Crippen LogP contribution is -2.64. The van der Waals surface area contributed by atoms with E-state index in [2.05, 4.69) is 36.0 Å². The number of unbranched alkanes of at least 4 members (excludes halogenated alkanes) is 1. The third-order valence-corrected chi connectivity index (χ3v) is 21.8. The van der Waals surface area contributed by atoms with Crippen molar-refractivity contribution in [3.63, 3.8) is 0 Å². The summed E-state index contributed by atoms with van der Waals surface area (Å²) in [7, 11) is -15.3. The molecule has 6 saturated heterocycles. The van der Waals surface area contributed by atoms with E-state index in [4.69, 9.17) is 90.0 Å². The molecule has 3 aromatic rings. The van der Waals surface area contributed by atoms with Crippen LogP contribution >= 0.6 is 0 Å². The van der Waals surface area contributed by atoms with Gasteiger partial charge in [-0.3, -0.25) is 13.7 Å². The highest BCUT2D eigenvalue weighted by molar-refractivity contribution is 7.81. The van der Waals surface area contributed by atoms with Crippen LogP contribution in [-0.4, -0.2) is 207 Å². The summed E-state index contributed by atoms with van der Waals surface area (Å²) < 4.78 is 218. The predicted octanol–water partition coefficient (Wildman–Crippen LogP) is 9.46. The number of terminal acetylenes is 1. The molecule has 0 aromatic heterocycles. The first-order valence-corrected chi connectivity index (χ1v) is 39.7. The minimum atomic E-state index is -5.21. The third-order valence-electron chi connectivity index (χ3n) is 20.5. The zero-order valence-corrected chi connectivity index (χ0v) is 63.8. The normalized spacial score (nSPS) is 37.5. The van der Waals surface area contributed by atoms with Crippen LogP contribution in [-0.2, 0) is 135 Å². The Morgan fingerprint density at radius 2 is 0.694 bits per heavy atom. The highest BCUT2D eigenvalue weighted by Gasteiger charge is 2.57. The Morgan fingerprint density at radius 1 is 0.389 bits per heavy atom. The lowest BCUT2D eigenvalue weighted by atomic mass is 9.85. The van der Waals surface area contributed by atoms with Crippen molar-refractivity contribution in [3.05, 3.63) is 139 Å². The summed E-state index contributed by atoms with van der Waals surface area (Å²) in [6.07, 6.45) is -17.0. The summed E-state index contributed by atoms with van der Waals surface area (Å²) in [5.41, 5.74) is 32.7. The van der Waals surface area contributed by atoms with Crippen molar-refractivity contribution in [1.82, 2.24) is 0 Å². The second-order valence-corrected chi connectivity index (χ2v) is 31.2. The highest BCUT2D eigenvalue weighted by atomic mass is 32.3. The Morgan fingerprint density at radius 3 is 1.03 bits per heavy atom. The topological polar surface area (TPSA) is 476 Å². The molecule has 12 unspecified atom stereocenters. The molecule has 36 nitrogen and oxygen atoms in total. The van der Waals surface area contributed by atoms with E-state index in [0.29, 0.717) is 19.4 Å². The summed E-state index contributed by atoms with van der Waals surface area (Å²) >= 11 is 0. The molecule has 39 heteroatoms. The number of rotatable bonds is 35. The third kappa shape index (κ3) is 23.2. The SMILES string of the molecule is C#CCCCO[C@@H]1OC(COS(=O)(=O)O)[C@@H](O[C@@H]2OC(C)[C@@H](O[C@@H]3OC(COS(=O)(=O)O)[C@@H](O[C@@H]4OC(C)[C@@H](O[C@@H]5OC(COS(=O)(=O)O)[C@@H](O[C@@H]6OC(C)[C@@H](C)[C@@H](OCc7ccccc7)C6C)[C@H](C)C5N=[N+]=[N-])[C@@H](OCc5ccccc5)C4C)[C@H](C)C3N=[N+]=[N-])[C@@H](OCc3ccccc3)C2C)[C@H](C)C1N=[N+]=[N-]. The number of nitrogens with zero attached hydrogens (tertiary/aromatic N) is 9. The second kappa shape index (κ2) is 39.6. The van der Waals surface area contributed by atoms with Gasteiger partial charge in [-0.05, 0) is 78.2 Å². The van der Waals surface area contributed by atoms with E-state index in [1.165, 1.54) is 0 Å². The van der Waals surface area contributed by atoms with Gasteiger partial charge in [0.2, 0.25) is 0 Å². The molecule has 3 aromatic carbocycles. The number of hydrogen-bond donors (Lipinski definition) is 3. The number of azide groups is 3. The Kier molecular flexibility index (Phi) is 31.6. The standard InChI is InChI=1S/C69H97N9O27S3/c1-12-13-23-30-88-67-53(73-76-70)38(3)57(50(98-67)34-92-106(79,80)81)102-65-42(7)60(90-32-48-26-19-15-20-27-48)62(45(10)96-65)105-69-55(75-78-72)40(5)59(52(100-69)36-94-108(85,86)87)103-66-43(8)61(91-33-49-28-21-16-22-29-49)63(46(11)97-66)104-68-54(74-77-71)39(4)58(51(99-68)35-93-107(82,83)84)101-64-41(6)56(37(2)44(9)95-64)89-31-47-24-17-14-18-25-47/h1,14-22,24-29,37-46,50-69H,13,23,30-36H2,2-11H3,(H,79,80,81)(H,82,83,84)(H,85,86,87)/t37-,38-,39-,40-,41?,42?,43?,44?,45?,46?,50?,51?,52?,53?,54?,55?,56-,57+,58+,59+,60+,61+,62-,63-,64+,65+,66+,67-,68+,69+/m1/s1. The summed E-state index contributed by atoms with van der Waals surface area (Å²) in [5.74, 6) is -2.46. The molecule has 598 valence electrons. The lowest BCUT2D eigenvalue weighted by molar-refractivity contribution is -0.369. The van der Waals surface area contributed by atoms with Crippen molar-refractivity contribution in [2.75, 3.05) is 26.4 Å². The molecule has 9 rings (SSSR count). The highest BCUT2D eigenvalue weighted by Crippen LogP contribution is 2.45. The van der Waals surface area contributed by atoms with Crippen LogP contribution in [0.15, 0.2) is 106 Å². The Balaban J connectivity index is 0.980. The first kappa shape index (κ1) is 86.1. The molecule has 30 atom stereocenters. The van der Waals surface area contributed by atoms with Crippen molar-refractivity contribution in [2.24, 2.45) is 56.8 Å². The van der Waals surface area contributed by atoms with E-state index in [1.807, 2.05) is 99.6 Å². The van der Waals surface area contributed by atoms with Gasteiger partial charge >= 0.3 is 31.2 Å². The van der Waals surface area contributed by atoms with Gasteiger partial charge in [0, 0.05) is 44.8 Å². The monoisotopic (exact) mass is 1580 g/mol. The van der Waals surface area contributed by atoms with E-state index in [1.54, 1.807) is 60.6 Å². The molecule has 0 amide bonds. The number of hydrogen-bond acceptors (Lipinski definition) is 27. The van der Waals surface area contributed by atoms with Gasteiger partial charge in [0.1, 0.15) is 30.5 Å². The van der Waals surface area contributed by atoms with Crippen molar-refractivity contribution in [1.29, 1.82) is 0 Å². The van der Waals surface area contributed by atoms with Gasteiger partial charge in [-0.2, -0.15) is 25.3 Å². The van der Waals surface area contributed by atoms with Crippen molar-refractivity contribution in [3.8, 4) is 12.3 Å². The first-order chi connectivity index (χ1) is 51.4. The predicted molar refractivity (Wildman–Crippen MR) is 378 cm³/mol. The van der Waals surface area contributed by atoms with Crippen LogP contribution in [0.5, 0.6) is 0 Å². The van der Waals surface area contributed by atoms with Crippen LogP contribution in [0.2, 0.25) is 0 Å². The van der Waals surface area contributed by atoms with Crippen LogP contribution in [0, 0.1) is 53.8 Å². The summed E-state index contributed by atoms with van der Waals surface area (Å²) in [6.45, 7) is 15.2. The maximum absolute atomic E-state index is 12.5. The van der Waals surface area contributed by atoms with Crippen molar-refractivity contribution < 1.29 is 123 Å². The van der Waals surface area contributed by atoms with Crippen LogP contribution in [0.25, 0.3) is 31.3 Å².